The van der Waals surface area contributed by atoms with Gasteiger partial charge in [0, 0.05) is 11.8 Å². The number of hydrogen-bond acceptors (Lipinski definition) is 3. The Labute approximate surface area is 116 Å². The van der Waals surface area contributed by atoms with Crippen LogP contribution in [0.3, 0.4) is 0 Å². The molecule has 1 atom stereocenters. The van der Waals surface area contributed by atoms with Crippen LogP contribution in [0.1, 0.15) is 52.2 Å². The molecule has 3 heteroatoms. The summed E-state index contributed by atoms with van der Waals surface area (Å²) in [6.45, 7) is 10.2. The predicted molar refractivity (Wildman–Crippen MR) is 79.9 cm³/mol. The predicted octanol–water partition coefficient (Wildman–Crippen LogP) is 3.47. The molecule has 0 aromatic heterocycles. The maximum absolute atomic E-state index is 10.2. The Hall–Kier alpha value is -1.35. The van der Waals surface area contributed by atoms with E-state index in [0.717, 1.165) is 5.56 Å². The van der Waals surface area contributed by atoms with E-state index in [1.165, 1.54) is 0 Å². The third-order valence-electron chi connectivity index (χ3n) is 2.94. The Morgan fingerprint density at radius 3 is 2.42 bits per heavy atom. The van der Waals surface area contributed by atoms with Gasteiger partial charge in [-0.15, -0.1) is 0 Å². The van der Waals surface area contributed by atoms with Crippen LogP contribution in [0.25, 0.3) is 0 Å². The zero-order valence-electron chi connectivity index (χ0n) is 12.5. The highest BCUT2D eigenvalue weighted by molar-refractivity contribution is 5.84. The van der Waals surface area contributed by atoms with Crippen molar-refractivity contribution in [2.24, 2.45) is 10.9 Å². The van der Waals surface area contributed by atoms with Gasteiger partial charge in [0.15, 0.2) is 0 Å². The number of aromatic hydroxyl groups is 1. The average molecular weight is 263 g/mol. The van der Waals surface area contributed by atoms with E-state index in [1.807, 2.05) is 26.0 Å². The summed E-state index contributed by atoms with van der Waals surface area (Å²) in [6, 6.07) is 5.61. The molecule has 0 heterocycles. The zero-order valence-corrected chi connectivity index (χ0v) is 12.5. The van der Waals surface area contributed by atoms with Crippen molar-refractivity contribution in [3.63, 3.8) is 0 Å². The lowest BCUT2D eigenvalue weighted by molar-refractivity contribution is 0.159. The van der Waals surface area contributed by atoms with Gasteiger partial charge in [0.05, 0.1) is 0 Å². The summed E-state index contributed by atoms with van der Waals surface area (Å²) < 4.78 is 0. The van der Waals surface area contributed by atoms with Crippen molar-refractivity contribution in [3.8, 4) is 5.75 Å². The number of hydrogen-bond donors (Lipinski definition) is 2. The molecule has 1 aromatic rings. The molecule has 1 unspecified atom stereocenters. The monoisotopic (exact) mass is 263 g/mol. The first-order chi connectivity index (χ1) is 8.71. The number of rotatable bonds is 4. The normalized spacial score (nSPS) is 14.3. The van der Waals surface area contributed by atoms with Crippen LogP contribution in [-0.4, -0.2) is 22.7 Å². The summed E-state index contributed by atoms with van der Waals surface area (Å²) >= 11 is 0. The van der Waals surface area contributed by atoms with E-state index in [9.17, 15) is 10.2 Å². The van der Waals surface area contributed by atoms with Crippen LogP contribution >= 0.6 is 0 Å². The second-order valence-electron chi connectivity index (χ2n) is 6.38. The molecule has 0 radical (unpaired) electrons. The minimum Gasteiger partial charge on any atom is -0.507 e. The molecule has 0 saturated heterocycles. The van der Waals surface area contributed by atoms with Crippen LogP contribution in [0.15, 0.2) is 23.2 Å². The molecule has 0 saturated carbocycles. The van der Waals surface area contributed by atoms with Crippen molar-refractivity contribution in [1.82, 2.24) is 0 Å². The molecule has 2 N–H and O–H groups in total. The van der Waals surface area contributed by atoms with Crippen molar-refractivity contribution in [3.05, 3.63) is 29.3 Å². The summed E-state index contributed by atoms with van der Waals surface area (Å²) in [5.41, 5.74) is 1.41. The molecular formula is C16H25NO2. The molecular weight excluding hydrogens is 238 g/mol. The second kappa shape index (κ2) is 6.20. The number of para-hydroxylation sites is 1. The maximum Gasteiger partial charge on any atom is 0.145 e. The SMILES string of the molecule is CC(C)CC(O)N=Cc1cccc(C(C)(C)C)c1O. The molecule has 0 aliphatic rings. The highest BCUT2D eigenvalue weighted by Crippen LogP contribution is 2.32. The number of aliphatic imine (C=N–C) groups is 1. The summed E-state index contributed by atoms with van der Waals surface area (Å²) in [5, 5.41) is 20.0. The molecule has 0 bridgehead atoms. The van der Waals surface area contributed by atoms with Gasteiger partial charge in [-0.2, -0.15) is 0 Å². The minimum absolute atomic E-state index is 0.121. The van der Waals surface area contributed by atoms with Crippen LogP contribution in [0.5, 0.6) is 5.75 Å². The van der Waals surface area contributed by atoms with Crippen molar-refractivity contribution in [1.29, 1.82) is 0 Å². The lowest BCUT2D eigenvalue weighted by Crippen LogP contribution is -2.12. The van der Waals surface area contributed by atoms with Crippen molar-refractivity contribution < 1.29 is 10.2 Å². The first-order valence-electron chi connectivity index (χ1n) is 6.75. The highest BCUT2D eigenvalue weighted by atomic mass is 16.3. The van der Waals surface area contributed by atoms with E-state index in [4.69, 9.17) is 0 Å². The third kappa shape index (κ3) is 4.67. The van der Waals surface area contributed by atoms with Crippen molar-refractivity contribution in [2.75, 3.05) is 0 Å². The zero-order chi connectivity index (χ0) is 14.6. The molecule has 0 amide bonds. The molecule has 19 heavy (non-hydrogen) atoms. The smallest absolute Gasteiger partial charge is 0.145 e. The van der Waals surface area contributed by atoms with Gasteiger partial charge in [-0.3, -0.25) is 4.99 Å². The Bertz CT molecular complexity index is 445. The summed E-state index contributed by atoms with van der Waals surface area (Å²) in [5.74, 6) is 0.636. The summed E-state index contributed by atoms with van der Waals surface area (Å²) in [6.07, 6.45) is 1.46. The maximum atomic E-state index is 10.2. The van der Waals surface area contributed by atoms with Crippen LogP contribution in [0.2, 0.25) is 0 Å². The van der Waals surface area contributed by atoms with Gasteiger partial charge in [0.1, 0.15) is 12.0 Å². The first-order valence-corrected chi connectivity index (χ1v) is 6.75. The minimum atomic E-state index is -0.710. The quantitative estimate of drug-likeness (QED) is 0.817. The van der Waals surface area contributed by atoms with Gasteiger partial charge in [-0.1, -0.05) is 46.8 Å². The second-order valence-corrected chi connectivity index (χ2v) is 6.38. The lowest BCUT2D eigenvalue weighted by Gasteiger charge is -2.21. The Morgan fingerprint density at radius 1 is 1.26 bits per heavy atom. The van der Waals surface area contributed by atoms with Gasteiger partial charge in [0.2, 0.25) is 0 Å². The number of phenols is 1. The summed E-state index contributed by atoms with van der Waals surface area (Å²) in [7, 11) is 0. The number of phenolic OH excluding ortho intramolecular Hbond substituents is 1. The Morgan fingerprint density at radius 2 is 1.89 bits per heavy atom. The highest BCUT2D eigenvalue weighted by Gasteiger charge is 2.19. The van der Waals surface area contributed by atoms with Crippen LogP contribution < -0.4 is 0 Å². The van der Waals surface area contributed by atoms with E-state index in [1.54, 1.807) is 12.3 Å². The largest absolute Gasteiger partial charge is 0.507 e. The molecule has 0 fully saturated rings. The lowest BCUT2D eigenvalue weighted by atomic mass is 9.85. The third-order valence-corrected chi connectivity index (χ3v) is 2.94. The average Bonchev–Trinajstić information content (AvgIpc) is 2.25. The molecule has 1 aromatic carbocycles. The van der Waals surface area contributed by atoms with Gasteiger partial charge >= 0.3 is 0 Å². The number of aliphatic hydroxyl groups excluding tert-OH is 1. The summed E-state index contributed by atoms with van der Waals surface area (Å²) in [4.78, 5) is 4.09. The van der Waals surface area contributed by atoms with E-state index < -0.39 is 6.23 Å². The fourth-order valence-electron chi connectivity index (χ4n) is 1.92. The number of benzene rings is 1. The first kappa shape index (κ1) is 15.7. The molecule has 106 valence electrons. The molecule has 0 aliphatic carbocycles. The Kier molecular flexibility index (Phi) is 5.12. The van der Waals surface area contributed by atoms with E-state index in [2.05, 4.69) is 25.8 Å². The van der Waals surface area contributed by atoms with Crippen molar-refractivity contribution in [2.45, 2.75) is 52.7 Å². The van der Waals surface area contributed by atoms with Crippen LogP contribution in [0.4, 0.5) is 0 Å². The van der Waals surface area contributed by atoms with E-state index in [0.29, 0.717) is 17.9 Å². The molecule has 0 spiro atoms. The molecule has 0 aliphatic heterocycles. The van der Waals surface area contributed by atoms with Gasteiger partial charge in [-0.05, 0) is 29.4 Å². The fourth-order valence-corrected chi connectivity index (χ4v) is 1.92. The van der Waals surface area contributed by atoms with E-state index in [-0.39, 0.29) is 11.2 Å². The van der Waals surface area contributed by atoms with Crippen LogP contribution in [0, 0.1) is 5.92 Å². The fraction of sp³-hybridized carbons (Fsp3) is 0.562. The van der Waals surface area contributed by atoms with Crippen molar-refractivity contribution >= 4 is 6.21 Å². The standard InChI is InChI=1S/C16H25NO2/c1-11(2)9-14(18)17-10-12-7-6-8-13(15(12)19)16(3,4)5/h6-8,10-11,14,18-19H,9H2,1-5H3. The van der Waals surface area contributed by atoms with Gasteiger partial charge < -0.3 is 10.2 Å². The van der Waals surface area contributed by atoms with Gasteiger partial charge in [0.25, 0.3) is 0 Å². The van der Waals surface area contributed by atoms with Gasteiger partial charge in [-0.25, -0.2) is 0 Å². The molecule has 1 rings (SSSR count). The molecule has 3 nitrogen and oxygen atoms in total. The topological polar surface area (TPSA) is 52.8 Å². The number of nitrogens with zero attached hydrogens (tertiary/aromatic N) is 1. The Balaban J connectivity index is 2.94. The van der Waals surface area contributed by atoms with E-state index >= 15 is 0 Å². The number of aliphatic hydroxyl groups is 1. The van der Waals surface area contributed by atoms with Crippen LogP contribution in [-0.2, 0) is 5.41 Å².